The molecule has 0 bridgehead atoms. The number of fused-ring (bicyclic) bond motifs is 1. The van der Waals surface area contributed by atoms with Gasteiger partial charge in [-0.1, -0.05) is 48.5 Å². The third kappa shape index (κ3) is 3.33. The summed E-state index contributed by atoms with van der Waals surface area (Å²) in [6.45, 7) is 2.16. The molecule has 1 aliphatic rings. The van der Waals surface area contributed by atoms with Crippen molar-refractivity contribution in [2.45, 2.75) is 18.4 Å². The summed E-state index contributed by atoms with van der Waals surface area (Å²) in [5.41, 5.74) is 1.85. The van der Waals surface area contributed by atoms with E-state index in [0.29, 0.717) is 5.15 Å². The van der Waals surface area contributed by atoms with Crippen molar-refractivity contribution >= 4 is 50.9 Å². The Morgan fingerprint density at radius 3 is 2.81 bits per heavy atom. The van der Waals surface area contributed by atoms with Crippen LogP contribution in [0.25, 0.3) is 0 Å². The molecule has 0 radical (unpaired) electrons. The van der Waals surface area contributed by atoms with Gasteiger partial charge in [0.1, 0.15) is 5.69 Å². The molecule has 3 rings (SSSR count). The minimum atomic E-state index is 0.371. The average molecular weight is 337 g/mol. The fourth-order valence-corrected chi connectivity index (χ4v) is 3.83. The molecule has 0 saturated carbocycles. The summed E-state index contributed by atoms with van der Waals surface area (Å²) in [5, 5.41) is 15.9. The number of hydrazone groups is 1. The van der Waals surface area contributed by atoms with Gasteiger partial charge in [0, 0.05) is 6.07 Å². The first-order valence-electron chi connectivity index (χ1n) is 6.55. The molecular formula is C14H13ClN4S2. The Labute approximate surface area is 137 Å². The molecule has 0 atom stereocenters. The predicted octanol–water partition coefficient (Wildman–Crippen LogP) is 4.79. The predicted molar refractivity (Wildman–Crippen MR) is 91.7 cm³/mol. The Morgan fingerprint density at radius 2 is 2.05 bits per heavy atom. The van der Waals surface area contributed by atoms with Gasteiger partial charge in [-0.2, -0.15) is 5.10 Å². The maximum Gasteiger partial charge on any atom is 0.157 e. The lowest BCUT2D eigenvalue weighted by atomic mass is 10.3. The van der Waals surface area contributed by atoms with Gasteiger partial charge in [-0.05, 0) is 36.1 Å². The highest BCUT2D eigenvalue weighted by atomic mass is 35.5. The molecule has 2 aromatic rings. The van der Waals surface area contributed by atoms with Crippen LogP contribution in [0, 0.1) is 0 Å². The van der Waals surface area contributed by atoms with Gasteiger partial charge < -0.3 is 0 Å². The normalized spacial score (nSPS) is 13.8. The first kappa shape index (κ1) is 14.7. The lowest BCUT2D eigenvalue weighted by Gasteiger charge is -2.25. The summed E-state index contributed by atoms with van der Waals surface area (Å²) >= 11 is 9.26. The Kier molecular flexibility index (Phi) is 4.67. The molecule has 4 nitrogen and oxygen atoms in total. The molecule has 1 aromatic heterocycles. The van der Waals surface area contributed by atoms with Gasteiger partial charge in [0.25, 0.3) is 0 Å². The van der Waals surface area contributed by atoms with Crippen LogP contribution in [0.5, 0.6) is 0 Å². The summed E-state index contributed by atoms with van der Waals surface area (Å²) in [4.78, 5) is 0. The number of rotatable bonds is 3. The molecule has 0 saturated heterocycles. The van der Waals surface area contributed by atoms with E-state index in [4.69, 9.17) is 16.7 Å². The zero-order valence-corrected chi connectivity index (χ0v) is 13.8. The molecule has 2 heterocycles. The van der Waals surface area contributed by atoms with E-state index >= 15 is 0 Å². The highest BCUT2D eigenvalue weighted by molar-refractivity contribution is 8.39. The number of aromatic nitrogens is 2. The average Bonchev–Trinajstić information content (AvgIpc) is 2.53. The highest BCUT2D eigenvalue weighted by Gasteiger charge is 2.23. The molecule has 7 heteroatoms. The van der Waals surface area contributed by atoms with Crippen LogP contribution in [0.4, 0.5) is 11.4 Å². The number of anilines is 2. The lowest BCUT2D eigenvalue weighted by molar-refractivity contribution is 0.902. The van der Waals surface area contributed by atoms with Crippen LogP contribution in [-0.2, 0) is 0 Å². The van der Waals surface area contributed by atoms with Gasteiger partial charge in [-0.15, -0.1) is 10.2 Å². The third-order valence-corrected chi connectivity index (χ3v) is 5.21. The van der Waals surface area contributed by atoms with Crippen LogP contribution >= 0.6 is 35.1 Å². The van der Waals surface area contributed by atoms with E-state index in [0.717, 1.165) is 33.0 Å². The van der Waals surface area contributed by atoms with Crippen LogP contribution in [-0.4, -0.2) is 20.3 Å². The Balaban J connectivity index is 2.02. The number of hydrogen-bond acceptors (Lipinski definition) is 6. The summed E-state index contributed by atoms with van der Waals surface area (Å²) in [6, 6.07) is 11.8. The van der Waals surface area contributed by atoms with Gasteiger partial charge in [0.05, 0.1) is 5.69 Å². The molecule has 21 heavy (non-hydrogen) atoms. The first-order chi connectivity index (χ1) is 10.3. The van der Waals surface area contributed by atoms with Gasteiger partial charge in [-0.25, -0.2) is 5.01 Å². The van der Waals surface area contributed by atoms with E-state index in [9.17, 15) is 0 Å². The van der Waals surface area contributed by atoms with E-state index in [-0.39, 0.29) is 0 Å². The van der Waals surface area contributed by atoms with Gasteiger partial charge in [-0.3, -0.25) is 0 Å². The molecule has 0 amide bonds. The largest absolute Gasteiger partial charge is 0.229 e. The first-order valence-corrected chi connectivity index (χ1v) is 8.73. The van der Waals surface area contributed by atoms with Crippen molar-refractivity contribution in [2.75, 3.05) is 10.8 Å². The van der Waals surface area contributed by atoms with E-state index in [2.05, 4.69) is 17.1 Å². The fraction of sp³-hybridized carbons (Fsp3) is 0.214. The maximum absolute atomic E-state index is 5.99. The van der Waals surface area contributed by atoms with Crippen LogP contribution in [0.3, 0.4) is 0 Å². The highest BCUT2D eigenvalue weighted by Crippen LogP contribution is 2.41. The number of para-hydroxylation sites is 1. The maximum atomic E-state index is 5.99. The van der Waals surface area contributed by atoms with Crippen molar-refractivity contribution in [1.82, 2.24) is 10.2 Å². The summed E-state index contributed by atoms with van der Waals surface area (Å²) in [6.07, 6.45) is 1.11. The number of nitrogens with zero attached hydrogens (tertiary/aromatic N) is 4. The molecule has 1 aliphatic heterocycles. The van der Waals surface area contributed by atoms with Crippen molar-refractivity contribution < 1.29 is 0 Å². The third-order valence-electron chi connectivity index (χ3n) is 2.74. The van der Waals surface area contributed by atoms with Gasteiger partial charge in [0.15, 0.2) is 14.6 Å². The van der Waals surface area contributed by atoms with Gasteiger partial charge >= 0.3 is 0 Å². The van der Waals surface area contributed by atoms with Crippen molar-refractivity contribution in [3.05, 3.63) is 41.6 Å². The summed E-state index contributed by atoms with van der Waals surface area (Å²) in [7, 11) is 0. The topological polar surface area (TPSA) is 41.4 Å². The molecule has 0 aliphatic carbocycles. The van der Waals surface area contributed by atoms with Crippen molar-refractivity contribution in [2.24, 2.45) is 5.10 Å². The molecule has 0 spiro atoms. The number of halogens is 1. The number of thioether (sulfide) groups is 2. The van der Waals surface area contributed by atoms with Crippen molar-refractivity contribution in [1.29, 1.82) is 0 Å². The van der Waals surface area contributed by atoms with E-state index in [1.165, 1.54) is 0 Å². The quantitative estimate of drug-likeness (QED) is 0.806. The minimum Gasteiger partial charge on any atom is -0.229 e. The monoisotopic (exact) mass is 336 g/mol. The Morgan fingerprint density at radius 1 is 1.24 bits per heavy atom. The minimum absolute atomic E-state index is 0.371. The van der Waals surface area contributed by atoms with E-state index < -0.39 is 0 Å². The van der Waals surface area contributed by atoms with Crippen LogP contribution < -0.4 is 5.01 Å². The van der Waals surface area contributed by atoms with Crippen LogP contribution in [0.2, 0.25) is 5.15 Å². The summed E-state index contributed by atoms with van der Waals surface area (Å²) in [5.74, 6) is 1.03. The fourth-order valence-electron chi connectivity index (χ4n) is 1.82. The smallest absolute Gasteiger partial charge is 0.157 e. The molecule has 0 unspecified atom stereocenters. The molecule has 0 fully saturated rings. The molecule has 0 N–H and O–H groups in total. The van der Waals surface area contributed by atoms with Crippen molar-refractivity contribution in [3.8, 4) is 0 Å². The van der Waals surface area contributed by atoms with E-state index in [1.54, 1.807) is 29.6 Å². The Hall–Kier alpha value is -1.24. The zero-order chi connectivity index (χ0) is 14.7. The second-order valence-corrected chi connectivity index (χ2v) is 7.03. The zero-order valence-electron chi connectivity index (χ0n) is 11.4. The van der Waals surface area contributed by atoms with E-state index in [1.807, 2.05) is 35.3 Å². The second kappa shape index (κ2) is 6.68. The molecule has 108 valence electrons. The second-order valence-electron chi connectivity index (χ2n) is 4.32. The van der Waals surface area contributed by atoms with Crippen LogP contribution in [0.1, 0.15) is 13.3 Å². The summed E-state index contributed by atoms with van der Waals surface area (Å²) < 4.78 is 0.977. The van der Waals surface area contributed by atoms with Crippen molar-refractivity contribution in [3.63, 3.8) is 0 Å². The number of benzene rings is 1. The SMILES string of the molecule is CCCSC1=NN(c2ccccc2)c2cc(Cl)nnc2S1. The molecular weight excluding hydrogens is 324 g/mol. The molecule has 1 aromatic carbocycles. The standard InChI is InChI=1S/C14H13ClN4S2/c1-2-8-20-14-18-19(10-6-4-3-5-7-10)11-9-12(15)16-17-13(11)21-14/h3-7,9H,2,8H2,1H3. The lowest BCUT2D eigenvalue weighted by Crippen LogP contribution is -2.17. The van der Waals surface area contributed by atoms with Gasteiger partial charge in [0.2, 0.25) is 0 Å². The van der Waals surface area contributed by atoms with Crippen LogP contribution in [0.15, 0.2) is 46.5 Å². The Bertz CT molecular complexity index is 663. The number of hydrogen-bond donors (Lipinski definition) is 0.